The summed E-state index contributed by atoms with van der Waals surface area (Å²) < 4.78 is 0. The molecule has 1 atom stereocenters. The van der Waals surface area contributed by atoms with Gasteiger partial charge in [0.15, 0.2) is 0 Å². The summed E-state index contributed by atoms with van der Waals surface area (Å²) in [6, 6.07) is 9.71. The van der Waals surface area contributed by atoms with Crippen LogP contribution < -0.4 is 5.32 Å². The van der Waals surface area contributed by atoms with Crippen LogP contribution in [0.25, 0.3) is 0 Å². The Morgan fingerprint density at radius 2 is 2.00 bits per heavy atom. The Balaban J connectivity index is 1.99. The van der Waals surface area contributed by atoms with Crippen molar-refractivity contribution in [1.82, 2.24) is 10.2 Å². The third kappa shape index (κ3) is 3.94. The number of hydrogen-bond acceptors (Lipinski definition) is 2. The van der Waals surface area contributed by atoms with Crippen LogP contribution >= 0.6 is 0 Å². The topological polar surface area (TPSA) is 32.3 Å². The van der Waals surface area contributed by atoms with E-state index >= 15 is 0 Å². The van der Waals surface area contributed by atoms with Gasteiger partial charge in [0.2, 0.25) is 5.91 Å². The zero-order chi connectivity index (χ0) is 14.4. The normalized spacial score (nSPS) is 16.6. The fourth-order valence-electron chi connectivity index (χ4n) is 2.68. The van der Waals surface area contributed by atoms with E-state index in [-0.39, 0.29) is 11.9 Å². The summed E-state index contributed by atoms with van der Waals surface area (Å²) in [5, 5.41) is 3.08. The maximum atomic E-state index is 12.4. The van der Waals surface area contributed by atoms with E-state index in [9.17, 15) is 4.79 Å². The molecule has 108 valence electrons. The molecule has 2 rings (SSSR count). The van der Waals surface area contributed by atoms with Crippen molar-refractivity contribution < 1.29 is 4.79 Å². The van der Waals surface area contributed by atoms with Crippen molar-refractivity contribution >= 4 is 5.91 Å². The van der Waals surface area contributed by atoms with Gasteiger partial charge in [0.05, 0.1) is 0 Å². The number of hydrogen-bond donors (Lipinski definition) is 1. The molecule has 1 unspecified atom stereocenters. The third-order valence-electron chi connectivity index (χ3n) is 3.75. The summed E-state index contributed by atoms with van der Waals surface area (Å²) in [5.74, 6) is 0.0765. The molecule has 0 aliphatic heterocycles. The van der Waals surface area contributed by atoms with Crippen molar-refractivity contribution in [2.45, 2.75) is 31.7 Å². The zero-order valence-electron chi connectivity index (χ0n) is 12.4. The molecule has 0 bridgehead atoms. The average molecular weight is 272 g/mol. The van der Waals surface area contributed by atoms with E-state index in [2.05, 4.69) is 11.4 Å². The Bertz CT molecular complexity index is 465. The van der Waals surface area contributed by atoms with E-state index < -0.39 is 0 Å². The lowest BCUT2D eigenvalue weighted by Crippen LogP contribution is -2.38. The molecule has 0 saturated carbocycles. The Morgan fingerprint density at radius 1 is 1.25 bits per heavy atom. The summed E-state index contributed by atoms with van der Waals surface area (Å²) in [5.41, 5.74) is 2.41. The van der Waals surface area contributed by atoms with Gasteiger partial charge < -0.3 is 5.32 Å². The van der Waals surface area contributed by atoms with E-state index in [0.29, 0.717) is 6.54 Å². The first-order valence-corrected chi connectivity index (χ1v) is 7.35. The van der Waals surface area contributed by atoms with Gasteiger partial charge in [0.25, 0.3) is 0 Å². The molecule has 1 aliphatic carbocycles. The second kappa shape index (κ2) is 7.25. The minimum atomic E-state index is -0.222. The minimum absolute atomic E-state index is 0.0765. The van der Waals surface area contributed by atoms with Crippen LogP contribution in [-0.2, 0) is 4.79 Å². The highest BCUT2D eigenvalue weighted by atomic mass is 16.2. The second-order valence-corrected chi connectivity index (χ2v) is 5.60. The predicted molar refractivity (Wildman–Crippen MR) is 82.4 cm³/mol. The van der Waals surface area contributed by atoms with Gasteiger partial charge in [-0.1, -0.05) is 42.0 Å². The first-order valence-electron chi connectivity index (χ1n) is 7.35. The van der Waals surface area contributed by atoms with Gasteiger partial charge in [0.1, 0.15) is 6.04 Å². The quantitative estimate of drug-likeness (QED) is 0.836. The maximum absolute atomic E-state index is 12.4. The highest BCUT2D eigenvalue weighted by molar-refractivity contribution is 5.83. The van der Waals surface area contributed by atoms with Crippen LogP contribution in [0, 0.1) is 0 Å². The van der Waals surface area contributed by atoms with Gasteiger partial charge in [-0.3, -0.25) is 9.69 Å². The summed E-state index contributed by atoms with van der Waals surface area (Å²) in [4.78, 5) is 14.4. The number of carbonyl (C=O) groups is 1. The molecule has 0 heterocycles. The van der Waals surface area contributed by atoms with Crippen LogP contribution in [0.15, 0.2) is 42.0 Å². The zero-order valence-corrected chi connectivity index (χ0v) is 12.4. The fourth-order valence-corrected chi connectivity index (χ4v) is 2.68. The van der Waals surface area contributed by atoms with Crippen molar-refractivity contribution in [2.24, 2.45) is 0 Å². The molecule has 1 amide bonds. The molecule has 0 saturated heterocycles. The minimum Gasteiger partial charge on any atom is -0.351 e. The Kier molecular flexibility index (Phi) is 5.36. The molecule has 0 fully saturated rings. The first-order chi connectivity index (χ1) is 9.68. The van der Waals surface area contributed by atoms with Gasteiger partial charge in [-0.2, -0.15) is 0 Å². The highest BCUT2D eigenvalue weighted by Crippen LogP contribution is 2.19. The van der Waals surface area contributed by atoms with Crippen molar-refractivity contribution in [3.05, 3.63) is 47.5 Å². The standard InChI is InChI=1S/C17H24N2O/c1-19(2)16(15-11-7-4-8-12-15)17(20)18-13-14-9-5-3-6-10-14/h4,7-9,11-12,16H,3,5-6,10,13H2,1-2H3,(H,18,20). The molecule has 20 heavy (non-hydrogen) atoms. The van der Waals surface area contributed by atoms with E-state index in [1.807, 2.05) is 49.3 Å². The lowest BCUT2D eigenvalue weighted by molar-refractivity contribution is -0.125. The predicted octanol–water partition coefficient (Wildman–Crippen LogP) is 2.91. The molecular weight excluding hydrogens is 248 g/mol. The Labute approximate surface area is 121 Å². The monoisotopic (exact) mass is 272 g/mol. The summed E-state index contributed by atoms with van der Waals surface area (Å²) in [6.07, 6.45) is 7.08. The second-order valence-electron chi connectivity index (χ2n) is 5.60. The van der Waals surface area contributed by atoms with E-state index in [1.165, 1.54) is 18.4 Å². The molecule has 1 aromatic carbocycles. The maximum Gasteiger partial charge on any atom is 0.242 e. The molecular formula is C17H24N2O. The molecule has 0 aromatic heterocycles. The lowest BCUT2D eigenvalue weighted by atomic mass is 9.99. The number of nitrogens with one attached hydrogen (secondary N) is 1. The van der Waals surface area contributed by atoms with Crippen LogP contribution in [-0.4, -0.2) is 31.4 Å². The van der Waals surface area contributed by atoms with E-state index in [1.54, 1.807) is 0 Å². The number of amides is 1. The largest absolute Gasteiger partial charge is 0.351 e. The molecule has 1 N–H and O–H groups in total. The van der Waals surface area contributed by atoms with Gasteiger partial charge in [0, 0.05) is 6.54 Å². The van der Waals surface area contributed by atoms with Crippen molar-refractivity contribution in [1.29, 1.82) is 0 Å². The number of carbonyl (C=O) groups excluding carboxylic acids is 1. The van der Waals surface area contributed by atoms with Crippen molar-refractivity contribution in [3.8, 4) is 0 Å². The lowest BCUT2D eigenvalue weighted by Gasteiger charge is -2.24. The molecule has 3 heteroatoms. The van der Waals surface area contributed by atoms with Crippen molar-refractivity contribution in [2.75, 3.05) is 20.6 Å². The summed E-state index contributed by atoms with van der Waals surface area (Å²) in [6.45, 7) is 0.690. The smallest absolute Gasteiger partial charge is 0.242 e. The fraction of sp³-hybridized carbons (Fsp3) is 0.471. The number of benzene rings is 1. The Hall–Kier alpha value is -1.61. The van der Waals surface area contributed by atoms with Gasteiger partial charge in [-0.25, -0.2) is 0 Å². The molecule has 1 aliphatic rings. The molecule has 0 spiro atoms. The van der Waals surface area contributed by atoms with Crippen LogP contribution in [0.1, 0.15) is 37.3 Å². The number of likely N-dealkylation sites (N-methyl/N-ethyl adjacent to an activating group) is 1. The van der Waals surface area contributed by atoms with E-state index in [0.717, 1.165) is 18.4 Å². The van der Waals surface area contributed by atoms with Crippen LogP contribution in [0.4, 0.5) is 0 Å². The van der Waals surface area contributed by atoms with E-state index in [4.69, 9.17) is 0 Å². The van der Waals surface area contributed by atoms with Crippen molar-refractivity contribution in [3.63, 3.8) is 0 Å². The Morgan fingerprint density at radius 3 is 2.60 bits per heavy atom. The number of rotatable bonds is 5. The van der Waals surface area contributed by atoms with Gasteiger partial charge >= 0.3 is 0 Å². The molecule has 3 nitrogen and oxygen atoms in total. The summed E-state index contributed by atoms with van der Waals surface area (Å²) >= 11 is 0. The molecule has 1 aromatic rings. The number of nitrogens with zero attached hydrogens (tertiary/aromatic N) is 1. The summed E-state index contributed by atoms with van der Waals surface area (Å²) in [7, 11) is 3.88. The first kappa shape index (κ1) is 14.8. The van der Waals surface area contributed by atoms with Crippen LogP contribution in [0.2, 0.25) is 0 Å². The van der Waals surface area contributed by atoms with Crippen LogP contribution in [0.3, 0.4) is 0 Å². The van der Waals surface area contributed by atoms with Gasteiger partial charge in [-0.05, 0) is 45.3 Å². The van der Waals surface area contributed by atoms with Crippen LogP contribution in [0.5, 0.6) is 0 Å². The SMILES string of the molecule is CN(C)C(C(=O)NCC1=CCCCC1)c1ccccc1. The molecule has 0 radical (unpaired) electrons. The highest BCUT2D eigenvalue weighted by Gasteiger charge is 2.22. The van der Waals surface area contributed by atoms with Gasteiger partial charge in [-0.15, -0.1) is 0 Å². The average Bonchev–Trinajstić information content (AvgIpc) is 2.47. The third-order valence-corrected chi connectivity index (χ3v) is 3.75. The number of allylic oxidation sites excluding steroid dienone is 1.